The predicted octanol–water partition coefficient (Wildman–Crippen LogP) is -1.63. The molecule has 0 saturated carbocycles. The fourth-order valence-electron chi connectivity index (χ4n) is 0.925. The molecule has 0 aliphatic carbocycles. The van der Waals surface area contributed by atoms with E-state index in [2.05, 4.69) is 0 Å². The number of amides is 2. The topological polar surface area (TPSA) is 161 Å². The first-order valence-electron chi connectivity index (χ1n) is 4.20. The van der Waals surface area contributed by atoms with Gasteiger partial charge in [0.1, 0.15) is 0 Å². The largest absolute Gasteiger partial charge is 0.478 e. The van der Waals surface area contributed by atoms with E-state index < -0.39 is 41.3 Å². The molecule has 0 aliphatic rings. The molecule has 0 aromatic rings. The lowest BCUT2D eigenvalue weighted by Crippen LogP contribution is -2.15. The van der Waals surface area contributed by atoms with Crippen LogP contribution in [-0.2, 0) is 19.2 Å². The van der Waals surface area contributed by atoms with Gasteiger partial charge < -0.3 is 21.7 Å². The number of carboxylic acids is 2. The predicted molar refractivity (Wildman–Crippen MR) is 54.4 cm³/mol. The SMILES string of the molecule is NC(=O)/C=C(\C/C(=C\C(N)=O)C(=O)O)C(=O)O. The van der Waals surface area contributed by atoms with Gasteiger partial charge in [0, 0.05) is 29.7 Å². The first kappa shape index (κ1) is 14.4. The Hall–Kier alpha value is -2.64. The van der Waals surface area contributed by atoms with E-state index in [4.69, 9.17) is 21.7 Å². The van der Waals surface area contributed by atoms with E-state index in [0.29, 0.717) is 12.2 Å². The van der Waals surface area contributed by atoms with Gasteiger partial charge in [-0.15, -0.1) is 0 Å². The molecule has 0 bridgehead atoms. The molecule has 2 amide bonds. The monoisotopic (exact) mass is 242 g/mol. The summed E-state index contributed by atoms with van der Waals surface area (Å²) in [7, 11) is 0. The van der Waals surface area contributed by atoms with Gasteiger partial charge in [-0.1, -0.05) is 0 Å². The maximum atomic E-state index is 10.7. The van der Waals surface area contributed by atoms with Crippen molar-refractivity contribution in [3.05, 3.63) is 23.3 Å². The van der Waals surface area contributed by atoms with Crippen LogP contribution in [-0.4, -0.2) is 34.0 Å². The van der Waals surface area contributed by atoms with Gasteiger partial charge in [0.05, 0.1) is 0 Å². The van der Waals surface area contributed by atoms with Crippen molar-refractivity contribution in [2.24, 2.45) is 11.5 Å². The maximum Gasteiger partial charge on any atom is 0.332 e. The van der Waals surface area contributed by atoms with E-state index in [1.165, 1.54) is 0 Å². The Morgan fingerprint density at radius 3 is 1.29 bits per heavy atom. The van der Waals surface area contributed by atoms with E-state index in [1.807, 2.05) is 0 Å². The molecule has 0 aromatic carbocycles. The van der Waals surface area contributed by atoms with E-state index in [-0.39, 0.29) is 0 Å². The quantitative estimate of drug-likeness (QED) is 0.409. The maximum absolute atomic E-state index is 10.7. The van der Waals surface area contributed by atoms with Crippen LogP contribution in [0.3, 0.4) is 0 Å². The van der Waals surface area contributed by atoms with Crippen molar-refractivity contribution in [2.75, 3.05) is 0 Å². The molecule has 0 heterocycles. The second kappa shape index (κ2) is 6.05. The van der Waals surface area contributed by atoms with Gasteiger partial charge in [-0.25, -0.2) is 9.59 Å². The molecule has 17 heavy (non-hydrogen) atoms. The van der Waals surface area contributed by atoms with Crippen LogP contribution in [0.15, 0.2) is 23.3 Å². The third-order valence-corrected chi connectivity index (χ3v) is 1.56. The van der Waals surface area contributed by atoms with Gasteiger partial charge in [0.15, 0.2) is 0 Å². The molecule has 0 aliphatic heterocycles. The minimum absolute atomic E-state index is 0.549. The van der Waals surface area contributed by atoms with Crippen LogP contribution < -0.4 is 11.5 Å². The van der Waals surface area contributed by atoms with E-state index in [9.17, 15) is 19.2 Å². The summed E-state index contributed by atoms with van der Waals surface area (Å²) in [6.45, 7) is 0. The Balaban J connectivity index is 5.22. The van der Waals surface area contributed by atoms with Crippen molar-refractivity contribution in [2.45, 2.75) is 6.42 Å². The highest BCUT2D eigenvalue weighted by molar-refractivity contribution is 6.01. The van der Waals surface area contributed by atoms with Gasteiger partial charge in [-0.05, 0) is 0 Å². The molecular weight excluding hydrogens is 232 g/mol. The van der Waals surface area contributed by atoms with Crippen molar-refractivity contribution >= 4 is 23.8 Å². The minimum atomic E-state index is -1.51. The fourth-order valence-corrected chi connectivity index (χ4v) is 0.925. The van der Waals surface area contributed by atoms with Gasteiger partial charge in [-0.2, -0.15) is 0 Å². The fraction of sp³-hybridized carbons (Fsp3) is 0.111. The van der Waals surface area contributed by atoms with Crippen LogP contribution in [0, 0.1) is 0 Å². The molecule has 0 radical (unpaired) electrons. The lowest BCUT2D eigenvalue weighted by atomic mass is 10.0. The van der Waals surface area contributed by atoms with Crippen LogP contribution in [0.1, 0.15) is 6.42 Å². The molecule has 0 aromatic heterocycles. The van der Waals surface area contributed by atoms with Crippen LogP contribution in [0.25, 0.3) is 0 Å². The zero-order chi connectivity index (χ0) is 13.6. The average Bonchev–Trinajstić information content (AvgIpc) is 2.13. The number of aliphatic carboxylic acids is 2. The Morgan fingerprint density at radius 1 is 0.824 bits per heavy atom. The van der Waals surface area contributed by atoms with Gasteiger partial charge in [0.25, 0.3) is 0 Å². The summed E-state index contributed by atoms with van der Waals surface area (Å²) in [5.74, 6) is -5.10. The van der Waals surface area contributed by atoms with Crippen LogP contribution in [0.2, 0.25) is 0 Å². The summed E-state index contributed by atoms with van der Waals surface area (Å²) < 4.78 is 0. The second-order valence-corrected chi connectivity index (χ2v) is 2.93. The van der Waals surface area contributed by atoms with Crippen LogP contribution in [0.5, 0.6) is 0 Å². The van der Waals surface area contributed by atoms with Crippen LogP contribution >= 0.6 is 0 Å². The minimum Gasteiger partial charge on any atom is -0.478 e. The highest BCUT2D eigenvalue weighted by Crippen LogP contribution is 2.11. The summed E-state index contributed by atoms with van der Waals surface area (Å²) in [6.07, 6.45) is 0.497. The lowest BCUT2D eigenvalue weighted by Gasteiger charge is -2.02. The number of carbonyl (C=O) groups excluding carboxylic acids is 2. The van der Waals surface area contributed by atoms with Crippen molar-refractivity contribution in [3.8, 4) is 0 Å². The van der Waals surface area contributed by atoms with E-state index in [0.717, 1.165) is 0 Å². The molecule has 0 atom stereocenters. The van der Waals surface area contributed by atoms with Crippen molar-refractivity contribution in [1.29, 1.82) is 0 Å². The van der Waals surface area contributed by atoms with E-state index in [1.54, 1.807) is 0 Å². The summed E-state index contributed by atoms with van der Waals surface area (Å²) in [4.78, 5) is 42.4. The standard InChI is InChI=1S/C9H10N2O6/c10-6(12)2-4(8(14)15)1-5(9(16)17)3-7(11)13/h2-3H,1H2,(H2,10,12)(H2,11,13)(H,14,15)(H,16,17)/b4-2+,5-3+. The molecule has 6 N–H and O–H groups in total. The van der Waals surface area contributed by atoms with Gasteiger partial charge >= 0.3 is 11.9 Å². The Morgan fingerprint density at radius 2 is 1.12 bits per heavy atom. The Kier molecular flexibility index (Phi) is 5.11. The first-order chi connectivity index (χ1) is 7.73. The molecule has 0 saturated heterocycles. The Labute approximate surface area is 95.2 Å². The lowest BCUT2D eigenvalue weighted by molar-refractivity contribution is -0.133. The molecular formula is C9H10N2O6. The summed E-state index contributed by atoms with van der Waals surface area (Å²) in [6, 6.07) is 0. The highest BCUT2D eigenvalue weighted by atomic mass is 16.4. The zero-order valence-corrected chi connectivity index (χ0v) is 8.54. The van der Waals surface area contributed by atoms with Crippen LogP contribution in [0.4, 0.5) is 0 Å². The average molecular weight is 242 g/mol. The smallest absolute Gasteiger partial charge is 0.332 e. The summed E-state index contributed by atoms with van der Waals surface area (Å²) >= 11 is 0. The molecule has 8 nitrogen and oxygen atoms in total. The molecule has 0 rings (SSSR count). The number of nitrogens with two attached hydrogens (primary N) is 2. The third kappa shape index (κ3) is 5.72. The van der Waals surface area contributed by atoms with Crippen molar-refractivity contribution in [1.82, 2.24) is 0 Å². The summed E-state index contributed by atoms with van der Waals surface area (Å²) in [5.41, 5.74) is 8.40. The summed E-state index contributed by atoms with van der Waals surface area (Å²) in [5, 5.41) is 17.3. The number of hydrogen-bond donors (Lipinski definition) is 4. The molecule has 0 unspecified atom stereocenters. The number of rotatable bonds is 6. The molecule has 0 spiro atoms. The zero-order valence-electron chi connectivity index (χ0n) is 8.54. The van der Waals surface area contributed by atoms with Gasteiger partial charge in [0.2, 0.25) is 11.8 Å². The van der Waals surface area contributed by atoms with Gasteiger partial charge in [-0.3, -0.25) is 9.59 Å². The van der Waals surface area contributed by atoms with Crippen molar-refractivity contribution in [3.63, 3.8) is 0 Å². The number of carbonyl (C=O) groups is 4. The second-order valence-electron chi connectivity index (χ2n) is 2.93. The Bertz CT molecular complexity index is 395. The van der Waals surface area contributed by atoms with Crippen molar-refractivity contribution < 1.29 is 29.4 Å². The number of primary amides is 2. The number of hydrogen-bond acceptors (Lipinski definition) is 4. The number of carboxylic acid groups (broad SMARTS) is 2. The molecule has 8 heteroatoms. The highest BCUT2D eigenvalue weighted by Gasteiger charge is 2.16. The third-order valence-electron chi connectivity index (χ3n) is 1.56. The first-order valence-corrected chi connectivity index (χ1v) is 4.20. The van der Waals surface area contributed by atoms with E-state index >= 15 is 0 Å². The molecule has 0 fully saturated rings. The normalized spacial score (nSPS) is 12.0. The molecule has 92 valence electrons.